The minimum Gasteiger partial charge on any atom is -0.443 e. The molecule has 0 spiro atoms. The normalized spacial score (nSPS) is 11.7. The topological polar surface area (TPSA) is 62.7 Å². The molecule has 2 aromatic carbocycles. The first-order chi connectivity index (χ1) is 12.9. The third-order valence-corrected chi connectivity index (χ3v) is 3.75. The van der Waals surface area contributed by atoms with Gasteiger partial charge in [-0.2, -0.15) is 0 Å². The van der Waals surface area contributed by atoms with E-state index in [0.29, 0.717) is 13.0 Å². The van der Waals surface area contributed by atoms with Gasteiger partial charge in [-0.25, -0.2) is 10.2 Å². The number of aliphatic imine (C=N–C) groups is 1. The van der Waals surface area contributed by atoms with Crippen LogP contribution in [0.25, 0.3) is 0 Å². The summed E-state index contributed by atoms with van der Waals surface area (Å²) in [6.45, 7) is 6.14. The Morgan fingerprint density at radius 3 is 2.00 bits per heavy atom. The van der Waals surface area contributed by atoms with Crippen molar-refractivity contribution in [1.29, 1.82) is 0 Å². The van der Waals surface area contributed by atoms with Gasteiger partial charge in [0.25, 0.3) is 0 Å². The largest absolute Gasteiger partial charge is 0.443 e. The lowest BCUT2D eigenvalue weighted by Gasteiger charge is -2.20. The number of benzene rings is 2. The van der Waals surface area contributed by atoms with Crippen molar-refractivity contribution >= 4 is 11.9 Å². The van der Waals surface area contributed by atoms with Crippen LogP contribution in [-0.2, 0) is 17.6 Å². The van der Waals surface area contributed by atoms with E-state index < -0.39 is 11.7 Å². The van der Waals surface area contributed by atoms with Gasteiger partial charge in [0.1, 0.15) is 11.4 Å². The van der Waals surface area contributed by atoms with Crippen molar-refractivity contribution in [2.45, 2.75) is 45.6 Å². The number of rotatable bonds is 6. The quantitative estimate of drug-likeness (QED) is 0.455. The van der Waals surface area contributed by atoms with E-state index in [2.05, 4.69) is 40.1 Å². The highest BCUT2D eigenvalue weighted by molar-refractivity contribution is 5.84. The van der Waals surface area contributed by atoms with Gasteiger partial charge in [0.15, 0.2) is 0 Å². The van der Waals surface area contributed by atoms with Crippen LogP contribution in [-0.4, -0.2) is 24.1 Å². The number of amides is 1. The van der Waals surface area contributed by atoms with Crippen molar-refractivity contribution in [3.63, 3.8) is 0 Å². The molecule has 0 heterocycles. The molecule has 1 amide bonds. The van der Waals surface area contributed by atoms with E-state index in [1.165, 1.54) is 11.1 Å². The number of nitrogens with zero attached hydrogens (tertiary/aromatic N) is 1. The van der Waals surface area contributed by atoms with Crippen molar-refractivity contribution in [2.75, 3.05) is 6.54 Å². The Balaban J connectivity index is 1.92. The maximum absolute atomic E-state index is 11.9. The lowest BCUT2D eigenvalue weighted by Crippen LogP contribution is -2.44. The molecule has 0 fully saturated rings. The average Bonchev–Trinajstić information content (AvgIpc) is 2.64. The summed E-state index contributed by atoms with van der Waals surface area (Å²) in [5.41, 5.74) is 7.43. The molecule has 0 aromatic heterocycles. The van der Waals surface area contributed by atoms with E-state index in [1.54, 1.807) is 0 Å². The van der Waals surface area contributed by atoms with Gasteiger partial charge in [0, 0.05) is 13.0 Å². The van der Waals surface area contributed by atoms with Gasteiger partial charge in [-0.1, -0.05) is 60.7 Å². The predicted octanol–water partition coefficient (Wildman–Crippen LogP) is 4.29. The molecule has 0 aliphatic rings. The SMILES string of the molecule is CC(C)(C)OC(=O)NNC(CCc1ccccc1)=NCCc1ccccc1. The molecule has 27 heavy (non-hydrogen) atoms. The Hall–Kier alpha value is -2.82. The van der Waals surface area contributed by atoms with E-state index in [-0.39, 0.29) is 0 Å². The Morgan fingerprint density at radius 2 is 1.44 bits per heavy atom. The van der Waals surface area contributed by atoms with Crippen molar-refractivity contribution < 1.29 is 9.53 Å². The summed E-state index contributed by atoms with van der Waals surface area (Å²) in [6.07, 6.45) is 1.88. The third kappa shape index (κ3) is 8.90. The highest BCUT2D eigenvalue weighted by atomic mass is 16.6. The van der Waals surface area contributed by atoms with E-state index in [9.17, 15) is 4.79 Å². The van der Waals surface area contributed by atoms with Gasteiger partial charge in [-0.3, -0.25) is 10.4 Å². The molecule has 0 radical (unpaired) electrons. The fourth-order valence-corrected chi connectivity index (χ4v) is 2.48. The fourth-order valence-electron chi connectivity index (χ4n) is 2.48. The zero-order valence-corrected chi connectivity index (χ0v) is 16.4. The third-order valence-electron chi connectivity index (χ3n) is 3.75. The minimum atomic E-state index is -0.541. The molecule has 2 aromatic rings. The Morgan fingerprint density at radius 1 is 0.889 bits per heavy atom. The summed E-state index contributed by atoms with van der Waals surface area (Å²) in [7, 11) is 0. The first-order valence-corrected chi connectivity index (χ1v) is 9.28. The number of hydrogen-bond acceptors (Lipinski definition) is 3. The molecule has 0 saturated carbocycles. The van der Waals surface area contributed by atoms with Gasteiger partial charge in [0.05, 0.1) is 0 Å². The second-order valence-corrected chi connectivity index (χ2v) is 7.30. The highest BCUT2D eigenvalue weighted by Gasteiger charge is 2.16. The summed E-state index contributed by atoms with van der Waals surface area (Å²) in [5.74, 6) is 0.737. The number of hydrogen-bond donors (Lipinski definition) is 2. The van der Waals surface area contributed by atoms with Crippen LogP contribution in [0.5, 0.6) is 0 Å². The van der Waals surface area contributed by atoms with Crippen LogP contribution in [0.1, 0.15) is 38.3 Å². The summed E-state index contributed by atoms with van der Waals surface area (Å²) < 4.78 is 5.26. The molecular formula is C22H29N3O2. The average molecular weight is 367 g/mol. The molecule has 5 nitrogen and oxygen atoms in total. The summed E-state index contributed by atoms with van der Waals surface area (Å²) >= 11 is 0. The maximum atomic E-state index is 11.9. The highest BCUT2D eigenvalue weighted by Crippen LogP contribution is 2.06. The standard InChI is InChI=1S/C22H29N3O2/c1-22(2,3)27-21(26)25-24-20(15-14-18-10-6-4-7-11-18)23-17-16-19-12-8-5-9-13-19/h4-13H,14-17H2,1-3H3,(H,23,24)(H,25,26). The molecule has 2 rings (SSSR count). The van der Waals surface area contributed by atoms with Gasteiger partial charge >= 0.3 is 6.09 Å². The molecular weight excluding hydrogens is 338 g/mol. The lowest BCUT2D eigenvalue weighted by molar-refractivity contribution is 0.0512. The number of carbonyl (C=O) groups is 1. The zero-order chi connectivity index (χ0) is 19.5. The van der Waals surface area contributed by atoms with Crippen LogP contribution in [0.2, 0.25) is 0 Å². The van der Waals surface area contributed by atoms with Crippen LogP contribution >= 0.6 is 0 Å². The van der Waals surface area contributed by atoms with Crippen molar-refractivity contribution in [2.24, 2.45) is 4.99 Å². The van der Waals surface area contributed by atoms with E-state index >= 15 is 0 Å². The van der Waals surface area contributed by atoms with Gasteiger partial charge in [-0.05, 0) is 44.7 Å². The van der Waals surface area contributed by atoms with Crippen LogP contribution < -0.4 is 10.9 Å². The Bertz CT molecular complexity index is 722. The van der Waals surface area contributed by atoms with Crippen LogP contribution in [0.15, 0.2) is 65.7 Å². The summed E-state index contributed by atoms with van der Waals surface area (Å²) in [6, 6.07) is 20.4. The fraction of sp³-hybridized carbons (Fsp3) is 0.364. The summed E-state index contributed by atoms with van der Waals surface area (Å²) in [5, 5.41) is 0. The van der Waals surface area contributed by atoms with Crippen molar-refractivity contribution in [3.8, 4) is 0 Å². The molecule has 0 unspecified atom stereocenters. The Kier molecular flexibility index (Phi) is 7.86. The molecule has 0 aliphatic carbocycles. The number of ether oxygens (including phenoxy) is 1. The van der Waals surface area contributed by atoms with Gasteiger partial charge < -0.3 is 4.74 Å². The molecule has 0 atom stereocenters. The van der Waals surface area contributed by atoms with Crippen LogP contribution in [0.4, 0.5) is 4.79 Å². The first-order valence-electron chi connectivity index (χ1n) is 9.28. The number of nitrogens with one attached hydrogen (secondary N) is 2. The minimum absolute atomic E-state index is 0.516. The smallest absolute Gasteiger partial charge is 0.426 e. The number of carbonyl (C=O) groups excluding carboxylic acids is 1. The molecule has 2 N–H and O–H groups in total. The number of aryl methyl sites for hydroxylation is 1. The molecule has 0 saturated heterocycles. The zero-order valence-electron chi connectivity index (χ0n) is 16.4. The van der Waals surface area contributed by atoms with Gasteiger partial charge in [0.2, 0.25) is 0 Å². The van der Waals surface area contributed by atoms with Gasteiger partial charge in [-0.15, -0.1) is 0 Å². The monoisotopic (exact) mass is 367 g/mol. The lowest BCUT2D eigenvalue weighted by atomic mass is 10.1. The van der Waals surface area contributed by atoms with Crippen molar-refractivity contribution in [3.05, 3.63) is 71.8 Å². The van der Waals surface area contributed by atoms with Crippen LogP contribution in [0.3, 0.4) is 0 Å². The molecule has 144 valence electrons. The second-order valence-electron chi connectivity index (χ2n) is 7.30. The van der Waals surface area contributed by atoms with Crippen molar-refractivity contribution in [1.82, 2.24) is 10.9 Å². The summed E-state index contributed by atoms with van der Waals surface area (Å²) in [4.78, 5) is 16.5. The van der Waals surface area contributed by atoms with Crippen LogP contribution in [0, 0.1) is 0 Å². The van der Waals surface area contributed by atoms with E-state index in [1.807, 2.05) is 57.2 Å². The molecule has 5 heteroatoms. The predicted molar refractivity (Wildman–Crippen MR) is 110 cm³/mol. The maximum Gasteiger partial charge on any atom is 0.426 e. The first kappa shape index (κ1) is 20.5. The van der Waals surface area contributed by atoms with E-state index in [4.69, 9.17) is 4.74 Å². The number of hydrazine groups is 1. The van der Waals surface area contributed by atoms with E-state index in [0.717, 1.165) is 18.7 Å². The molecule has 0 aliphatic heterocycles. The number of amidine groups is 1. The Labute approximate surface area is 161 Å². The molecule has 0 bridgehead atoms. The second kappa shape index (κ2) is 10.4.